The first-order valence-electron chi connectivity index (χ1n) is 7.73. The van der Waals surface area contributed by atoms with E-state index in [0.717, 1.165) is 5.56 Å². The number of methoxy groups -OCH3 is 1. The molecule has 0 atom stereocenters. The van der Waals surface area contributed by atoms with E-state index < -0.39 is 0 Å². The normalized spacial score (nSPS) is 10.4. The summed E-state index contributed by atoms with van der Waals surface area (Å²) in [5, 5.41) is 12.3. The number of rotatable bonds is 5. The van der Waals surface area contributed by atoms with E-state index in [4.69, 9.17) is 40.2 Å². The van der Waals surface area contributed by atoms with E-state index in [9.17, 15) is 0 Å². The number of halogens is 2. The molecule has 1 heterocycles. The number of anilines is 2. The van der Waals surface area contributed by atoms with Gasteiger partial charge in [-0.05, 0) is 48.1 Å². The number of nitrogens with zero attached hydrogens (tertiary/aromatic N) is 2. The van der Waals surface area contributed by atoms with Crippen molar-refractivity contribution in [1.29, 1.82) is 0 Å². The highest BCUT2D eigenvalue weighted by Crippen LogP contribution is 2.27. The van der Waals surface area contributed by atoms with Crippen molar-refractivity contribution in [2.75, 3.05) is 17.7 Å². The molecule has 0 aliphatic carbocycles. The zero-order valence-corrected chi connectivity index (χ0v) is 16.2. The molecule has 1 aromatic heterocycles. The first kappa shape index (κ1) is 18.5. The quantitative estimate of drug-likeness (QED) is 0.580. The molecule has 26 heavy (non-hydrogen) atoms. The number of aromatic nitrogens is 2. The first-order valence-corrected chi connectivity index (χ1v) is 8.89. The van der Waals surface area contributed by atoms with Crippen LogP contribution < -0.4 is 15.4 Å². The molecule has 0 bridgehead atoms. The minimum atomic E-state index is 0.391. The highest BCUT2D eigenvalue weighted by molar-refractivity contribution is 7.80. The van der Waals surface area contributed by atoms with Gasteiger partial charge in [-0.1, -0.05) is 35.3 Å². The Balaban J connectivity index is 1.62. The van der Waals surface area contributed by atoms with Gasteiger partial charge in [0.1, 0.15) is 5.75 Å². The number of ether oxygens (including phenoxy) is 1. The average Bonchev–Trinajstić information content (AvgIpc) is 3.04. The van der Waals surface area contributed by atoms with Crippen LogP contribution in [0, 0.1) is 0 Å². The van der Waals surface area contributed by atoms with Crippen LogP contribution in [0.3, 0.4) is 0 Å². The van der Waals surface area contributed by atoms with Crippen LogP contribution in [0.5, 0.6) is 5.75 Å². The zero-order chi connectivity index (χ0) is 18.5. The number of thiocarbonyl (C=S) groups is 1. The van der Waals surface area contributed by atoms with Crippen molar-refractivity contribution in [1.82, 2.24) is 9.78 Å². The third-order valence-corrected chi connectivity index (χ3v) is 4.24. The van der Waals surface area contributed by atoms with Crippen LogP contribution in [0.25, 0.3) is 0 Å². The molecule has 0 saturated carbocycles. The molecule has 2 aromatic carbocycles. The van der Waals surface area contributed by atoms with E-state index in [-0.39, 0.29) is 0 Å². The topological polar surface area (TPSA) is 51.1 Å². The largest absolute Gasteiger partial charge is 0.495 e. The van der Waals surface area contributed by atoms with Gasteiger partial charge in [-0.2, -0.15) is 5.10 Å². The summed E-state index contributed by atoms with van der Waals surface area (Å²) >= 11 is 17.3. The third kappa shape index (κ3) is 4.88. The predicted molar refractivity (Wildman–Crippen MR) is 111 cm³/mol. The summed E-state index contributed by atoms with van der Waals surface area (Å²) in [6.07, 6.45) is 1.87. The van der Waals surface area contributed by atoms with E-state index in [1.807, 2.05) is 41.2 Å². The number of hydrogen-bond acceptors (Lipinski definition) is 3. The van der Waals surface area contributed by atoms with Crippen molar-refractivity contribution in [3.63, 3.8) is 0 Å². The summed E-state index contributed by atoms with van der Waals surface area (Å²) in [7, 11) is 1.59. The zero-order valence-electron chi connectivity index (χ0n) is 13.9. The molecule has 0 fully saturated rings. The van der Waals surface area contributed by atoms with Gasteiger partial charge >= 0.3 is 0 Å². The minimum absolute atomic E-state index is 0.391. The Labute approximate surface area is 166 Å². The lowest BCUT2D eigenvalue weighted by Gasteiger charge is -2.12. The second-order valence-corrected chi connectivity index (χ2v) is 6.73. The van der Waals surface area contributed by atoms with E-state index in [1.54, 1.807) is 25.3 Å². The van der Waals surface area contributed by atoms with Crippen molar-refractivity contribution >= 4 is 52.0 Å². The number of benzene rings is 2. The minimum Gasteiger partial charge on any atom is -0.495 e. The van der Waals surface area contributed by atoms with Gasteiger partial charge in [0.2, 0.25) is 0 Å². The van der Waals surface area contributed by atoms with Crippen molar-refractivity contribution < 1.29 is 4.74 Å². The molecular formula is C18H16Cl2N4OS. The van der Waals surface area contributed by atoms with Crippen LogP contribution in [0.2, 0.25) is 10.0 Å². The maximum Gasteiger partial charge on any atom is 0.176 e. The lowest BCUT2D eigenvalue weighted by atomic mass is 10.2. The van der Waals surface area contributed by atoms with Crippen LogP contribution in [-0.4, -0.2) is 22.0 Å². The molecule has 8 heteroatoms. The average molecular weight is 407 g/mol. The van der Waals surface area contributed by atoms with Crippen LogP contribution in [0.4, 0.5) is 11.5 Å². The lowest BCUT2D eigenvalue weighted by Crippen LogP contribution is -2.20. The maximum atomic E-state index is 6.02. The molecule has 0 spiro atoms. The molecular weight excluding hydrogens is 391 g/mol. The van der Waals surface area contributed by atoms with Crippen molar-refractivity contribution in [2.45, 2.75) is 6.54 Å². The molecule has 5 nitrogen and oxygen atoms in total. The highest BCUT2D eigenvalue weighted by atomic mass is 35.5. The molecule has 0 amide bonds. The summed E-state index contributed by atoms with van der Waals surface area (Å²) in [4.78, 5) is 0. The van der Waals surface area contributed by atoms with Crippen LogP contribution >= 0.6 is 35.4 Å². The fourth-order valence-electron chi connectivity index (χ4n) is 2.34. The second kappa shape index (κ2) is 8.40. The molecule has 3 aromatic rings. The Morgan fingerprint density at radius 3 is 2.54 bits per heavy atom. The molecule has 0 radical (unpaired) electrons. The maximum absolute atomic E-state index is 6.02. The van der Waals surface area contributed by atoms with Crippen LogP contribution in [0.15, 0.2) is 54.7 Å². The predicted octanol–water partition coefficient (Wildman–Crippen LogP) is 5.06. The van der Waals surface area contributed by atoms with Crippen molar-refractivity contribution in [3.05, 3.63) is 70.3 Å². The molecule has 0 unspecified atom stereocenters. The van der Waals surface area contributed by atoms with Gasteiger partial charge in [-0.3, -0.25) is 4.68 Å². The molecule has 0 aliphatic rings. The summed E-state index contributed by atoms with van der Waals surface area (Å²) in [6.45, 7) is 0.640. The lowest BCUT2D eigenvalue weighted by molar-refractivity contribution is 0.417. The second-order valence-electron chi connectivity index (χ2n) is 5.45. The Kier molecular flexibility index (Phi) is 5.98. The Morgan fingerprint density at radius 2 is 1.81 bits per heavy atom. The van der Waals surface area contributed by atoms with Gasteiger partial charge in [0.25, 0.3) is 0 Å². The van der Waals surface area contributed by atoms with Gasteiger partial charge in [0.05, 0.1) is 19.3 Å². The fraction of sp³-hybridized carbons (Fsp3) is 0.111. The van der Waals surface area contributed by atoms with Crippen molar-refractivity contribution in [2.24, 2.45) is 0 Å². The van der Waals surface area contributed by atoms with E-state index in [2.05, 4.69) is 15.7 Å². The monoisotopic (exact) mass is 406 g/mol. The number of nitrogens with one attached hydrogen (secondary N) is 2. The molecule has 134 valence electrons. The third-order valence-electron chi connectivity index (χ3n) is 3.55. The number of hydrogen-bond donors (Lipinski definition) is 2. The molecule has 0 saturated heterocycles. The van der Waals surface area contributed by atoms with E-state index in [0.29, 0.717) is 39.0 Å². The Morgan fingerprint density at radius 1 is 1.08 bits per heavy atom. The van der Waals surface area contributed by atoms with Gasteiger partial charge in [-0.15, -0.1) is 0 Å². The fourth-order valence-corrected chi connectivity index (χ4v) is 2.85. The van der Waals surface area contributed by atoms with Crippen LogP contribution in [-0.2, 0) is 6.54 Å². The van der Waals surface area contributed by atoms with Gasteiger partial charge in [-0.25, -0.2) is 0 Å². The first-order chi connectivity index (χ1) is 12.5. The van der Waals surface area contributed by atoms with Gasteiger partial charge < -0.3 is 15.4 Å². The summed E-state index contributed by atoms with van der Waals surface area (Å²) in [5.41, 5.74) is 1.78. The SMILES string of the molecule is COc1ccc(Cl)cc1NC(=S)Nc1ccn(Cc2ccc(Cl)cc2)n1. The summed E-state index contributed by atoms with van der Waals surface area (Å²) in [5.74, 6) is 1.28. The smallest absolute Gasteiger partial charge is 0.176 e. The van der Waals surface area contributed by atoms with Gasteiger partial charge in [0, 0.05) is 22.3 Å². The molecule has 0 aliphatic heterocycles. The standard InChI is InChI=1S/C18H16Cl2N4OS/c1-25-16-7-6-14(20)10-15(16)21-18(26)22-17-8-9-24(23-17)11-12-2-4-13(19)5-3-12/h2-10H,11H2,1H3,(H2,21,22,23,26). The molecule has 2 N–H and O–H groups in total. The summed E-state index contributed by atoms with van der Waals surface area (Å²) in [6, 6.07) is 14.8. The van der Waals surface area contributed by atoms with E-state index >= 15 is 0 Å². The summed E-state index contributed by atoms with van der Waals surface area (Å²) < 4.78 is 7.11. The Bertz CT molecular complexity index is 912. The van der Waals surface area contributed by atoms with Crippen molar-refractivity contribution in [3.8, 4) is 5.75 Å². The Hall–Kier alpha value is -2.28. The van der Waals surface area contributed by atoms with Gasteiger partial charge in [0.15, 0.2) is 10.9 Å². The van der Waals surface area contributed by atoms with Crippen LogP contribution in [0.1, 0.15) is 5.56 Å². The highest BCUT2D eigenvalue weighted by Gasteiger charge is 2.07. The van der Waals surface area contributed by atoms with E-state index in [1.165, 1.54) is 0 Å². The molecule has 3 rings (SSSR count).